The van der Waals surface area contributed by atoms with Crippen LogP contribution >= 0.6 is 0 Å². The summed E-state index contributed by atoms with van der Waals surface area (Å²) in [5.74, 6) is -0.440. The van der Waals surface area contributed by atoms with Crippen LogP contribution in [0.1, 0.15) is 25.3 Å². The molecule has 6 nitrogen and oxygen atoms in total. The summed E-state index contributed by atoms with van der Waals surface area (Å²) in [6, 6.07) is 3.77. The first-order chi connectivity index (χ1) is 11.8. The molecule has 1 aromatic carbocycles. The molecule has 138 valence electrons. The van der Waals surface area contributed by atoms with Crippen LogP contribution in [0, 0.1) is 12.7 Å². The molecule has 1 amide bonds. The number of carbonyl (C=O) groups excluding carboxylic acids is 1. The molecule has 2 fully saturated rings. The van der Waals surface area contributed by atoms with Gasteiger partial charge in [0.25, 0.3) is 0 Å². The van der Waals surface area contributed by atoms with Crippen LogP contribution in [0.5, 0.6) is 0 Å². The molecular weight excluding hydrogens is 345 g/mol. The van der Waals surface area contributed by atoms with Crippen molar-refractivity contribution in [1.29, 1.82) is 0 Å². The molecular formula is C17H24FN3O3S. The minimum absolute atomic E-state index is 0.00758. The Hall–Kier alpha value is -1.51. The van der Waals surface area contributed by atoms with Gasteiger partial charge in [0, 0.05) is 32.2 Å². The summed E-state index contributed by atoms with van der Waals surface area (Å²) in [6.07, 6.45) is 2.09. The summed E-state index contributed by atoms with van der Waals surface area (Å²) in [5.41, 5.74) is 0.402. The summed E-state index contributed by atoms with van der Waals surface area (Å²) >= 11 is 0. The fourth-order valence-electron chi connectivity index (χ4n) is 3.09. The van der Waals surface area contributed by atoms with Crippen molar-refractivity contribution < 1.29 is 17.6 Å². The topological polar surface area (TPSA) is 69.7 Å². The number of amides is 1. The van der Waals surface area contributed by atoms with Gasteiger partial charge in [-0.25, -0.2) is 12.8 Å². The Morgan fingerprint density at radius 3 is 2.44 bits per heavy atom. The highest BCUT2D eigenvalue weighted by molar-refractivity contribution is 7.89. The summed E-state index contributed by atoms with van der Waals surface area (Å²) in [7, 11) is -3.65. The molecule has 8 heteroatoms. The summed E-state index contributed by atoms with van der Waals surface area (Å²) in [6.45, 7) is 5.08. The van der Waals surface area contributed by atoms with E-state index in [1.54, 1.807) is 6.92 Å². The minimum atomic E-state index is -3.65. The second kappa shape index (κ2) is 7.01. The van der Waals surface area contributed by atoms with E-state index in [2.05, 4.69) is 5.32 Å². The molecule has 0 bridgehead atoms. The Bertz CT molecular complexity index is 756. The van der Waals surface area contributed by atoms with Gasteiger partial charge in [0.2, 0.25) is 15.9 Å². The first-order valence-electron chi connectivity index (χ1n) is 8.60. The average molecular weight is 369 g/mol. The van der Waals surface area contributed by atoms with Crippen molar-refractivity contribution in [1.82, 2.24) is 14.5 Å². The van der Waals surface area contributed by atoms with Gasteiger partial charge in [-0.1, -0.05) is 0 Å². The van der Waals surface area contributed by atoms with E-state index in [0.29, 0.717) is 37.8 Å². The van der Waals surface area contributed by atoms with Crippen LogP contribution in [0.3, 0.4) is 0 Å². The third-order valence-corrected chi connectivity index (χ3v) is 6.94. The monoisotopic (exact) mass is 369 g/mol. The van der Waals surface area contributed by atoms with Gasteiger partial charge in [-0.05, 0) is 50.5 Å². The molecule has 1 saturated heterocycles. The predicted molar refractivity (Wildman–Crippen MR) is 92.1 cm³/mol. The number of nitrogens with one attached hydrogen (secondary N) is 1. The lowest BCUT2D eigenvalue weighted by Crippen LogP contribution is -2.55. The zero-order chi connectivity index (χ0) is 18.2. The van der Waals surface area contributed by atoms with Crippen molar-refractivity contribution in [3.63, 3.8) is 0 Å². The van der Waals surface area contributed by atoms with Crippen molar-refractivity contribution in [2.45, 2.75) is 43.7 Å². The van der Waals surface area contributed by atoms with Crippen molar-refractivity contribution in [2.24, 2.45) is 0 Å². The quantitative estimate of drug-likeness (QED) is 0.844. The predicted octanol–water partition coefficient (Wildman–Crippen LogP) is 1.11. The largest absolute Gasteiger partial charge is 0.352 e. The molecule has 0 radical (unpaired) electrons. The molecule has 1 aromatic rings. The molecule has 1 unspecified atom stereocenters. The van der Waals surface area contributed by atoms with Gasteiger partial charge in [-0.2, -0.15) is 4.31 Å². The Morgan fingerprint density at radius 1 is 1.24 bits per heavy atom. The molecule has 1 N–H and O–H groups in total. The third-order valence-electron chi connectivity index (χ3n) is 4.88. The second-order valence-corrected chi connectivity index (χ2v) is 8.72. The van der Waals surface area contributed by atoms with Crippen LogP contribution in [0.4, 0.5) is 4.39 Å². The maximum atomic E-state index is 13.2. The Labute approximate surface area is 148 Å². The fourth-order valence-corrected chi connectivity index (χ4v) is 4.72. The number of benzene rings is 1. The Kier molecular flexibility index (Phi) is 5.13. The van der Waals surface area contributed by atoms with Crippen LogP contribution < -0.4 is 5.32 Å². The molecule has 25 heavy (non-hydrogen) atoms. The molecule has 1 aliphatic heterocycles. The Morgan fingerprint density at radius 2 is 1.88 bits per heavy atom. The maximum Gasteiger partial charge on any atom is 0.243 e. The number of sulfonamides is 1. The molecule has 1 saturated carbocycles. The lowest BCUT2D eigenvalue weighted by atomic mass is 10.2. The van der Waals surface area contributed by atoms with E-state index in [-0.39, 0.29) is 16.8 Å². The van der Waals surface area contributed by atoms with Gasteiger partial charge in [-0.3, -0.25) is 9.69 Å². The number of piperazine rings is 1. The average Bonchev–Trinajstić information content (AvgIpc) is 3.38. The molecule has 1 heterocycles. The molecule has 1 aliphatic carbocycles. The molecule has 0 spiro atoms. The fraction of sp³-hybridized carbons (Fsp3) is 0.588. The van der Waals surface area contributed by atoms with Gasteiger partial charge >= 0.3 is 0 Å². The van der Waals surface area contributed by atoms with E-state index in [9.17, 15) is 17.6 Å². The zero-order valence-electron chi connectivity index (χ0n) is 14.5. The van der Waals surface area contributed by atoms with Gasteiger partial charge in [0.15, 0.2) is 0 Å². The highest BCUT2D eigenvalue weighted by Crippen LogP contribution is 2.23. The van der Waals surface area contributed by atoms with E-state index >= 15 is 0 Å². The first kappa shape index (κ1) is 18.3. The second-order valence-electron chi connectivity index (χ2n) is 6.81. The lowest BCUT2D eigenvalue weighted by molar-refractivity contribution is -0.126. The van der Waals surface area contributed by atoms with E-state index in [4.69, 9.17) is 0 Å². The summed E-state index contributed by atoms with van der Waals surface area (Å²) in [4.78, 5) is 14.3. The van der Waals surface area contributed by atoms with Crippen molar-refractivity contribution in [2.75, 3.05) is 26.2 Å². The standard InChI is InChI=1S/C17H24FN3O3S/c1-12-11-14(18)3-6-16(12)25(23,24)21-9-7-20(8-10-21)13(2)17(22)19-15-4-5-15/h3,6,11,13,15H,4-5,7-10H2,1-2H3,(H,19,22). The third kappa shape index (κ3) is 4.02. The molecule has 0 aromatic heterocycles. The number of rotatable bonds is 5. The van der Waals surface area contributed by atoms with Gasteiger partial charge in [-0.15, -0.1) is 0 Å². The smallest absolute Gasteiger partial charge is 0.243 e. The normalized spacial score (nSPS) is 21.1. The highest BCUT2D eigenvalue weighted by atomic mass is 32.2. The SMILES string of the molecule is Cc1cc(F)ccc1S(=O)(=O)N1CCN(C(C)C(=O)NC2CC2)CC1. The van der Waals surface area contributed by atoms with E-state index < -0.39 is 15.8 Å². The van der Waals surface area contributed by atoms with Crippen LogP contribution in [0.2, 0.25) is 0 Å². The van der Waals surface area contributed by atoms with Crippen LogP contribution in [-0.4, -0.2) is 61.8 Å². The highest BCUT2D eigenvalue weighted by Gasteiger charge is 2.33. The number of hydrogen-bond donors (Lipinski definition) is 1. The number of nitrogens with zero attached hydrogens (tertiary/aromatic N) is 2. The summed E-state index contributed by atoms with van der Waals surface area (Å²) < 4.78 is 40.2. The van der Waals surface area contributed by atoms with E-state index in [1.807, 2.05) is 11.8 Å². The summed E-state index contributed by atoms with van der Waals surface area (Å²) in [5, 5.41) is 2.98. The molecule has 2 aliphatic rings. The van der Waals surface area contributed by atoms with Crippen molar-refractivity contribution in [3.8, 4) is 0 Å². The number of carbonyl (C=O) groups is 1. The number of aryl methyl sites for hydroxylation is 1. The maximum absolute atomic E-state index is 13.2. The molecule has 1 atom stereocenters. The van der Waals surface area contributed by atoms with Crippen molar-refractivity contribution in [3.05, 3.63) is 29.6 Å². The van der Waals surface area contributed by atoms with E-state index in [0.717, 1.165) is 12.8 Å². The van der Waals surface area contributed by atoms with E-state index in [1.165, 1.54) is 22.5 Å². The Balaban J connectivity index is 1.63. The van der Waals surface area contributed by atoms with Crippen molar-refractivity contribution >= 4 is 15.9 Å². The number of hydrogen-bond acceptors (Lipinski definition) is 4. The van der Waals surface area contributed by atoms with Gasteiger partial charge < -0.3 is 5.32 Å². The zero-order valence-corrected chi connectivity index (χ0v) is 15.4. The van der Waals surface area contributed by atoms with Crippen LogP contribution in [0.15, 0.2) is 23.1 Å². The molecule has 3 rings (SSSR count). The van der Waals surface area contributed by atoms with Crippen LogP contribution in [-0.2, 0) is 14.8 Å². The van der Waals surface area contributed by atoms with Gasteiger partial charge in [0.1, 0.15) is 5.82 Å². The minimum Gasteiger partial charge on any atom is -0.352 e. The number of halogens is 1. The lowest BCUT2D eigenvalue weighted by Gasteiger charge is -2.36. The van der Waals surface area contributed by atoms with Crippen LogP contribution in [0.25, 0.3) is 0 Å². The van der Waals surface area contributed by atoms with Gasteiger partial charge in [0.05, 0.1) is 10.9 Å². The first-order valence-corrected chi connectivity index (χ1v) is 10.0.